The second-order valence-electron chi connectivity index (χ2n) is 6.90. The average Bonchev–Trinajstić information content (AvgIpc) is 2.70. The molecule has 182 valence electrons. The molecular weight excluding hydrogens is 493 g/mol. The monoisotopic (exact) mass is 515 g/mol. The number of carbonyl (C=O) groups is 1. The molecule has 2 saturated heterocycles. The van der Waals surface area contributed by atoms with Gasteiger partial charge in [-0.1, -0.05) is 34.8 Å². The van der Waals surface area contributed by atoms with Gasteiger partial charge < -0.3 is 60.0 Å². The Morgan fingerprint density at radius 2 is 1.52 bits per heavy atom. The van der Waals surface area contributed by atoms with E-state index in [1.165, 1.54) is 0 Å². The number of aliphatic hydroxyl groups is 7. The van der Waals surface area contributed by atoms with Crippen LogP contribution >= 0.6 is 34.8 Å². The summed E-state index contributed by atoms with van der Waals surface area (Å²) in [4.78, 5) is 11.9. The van der Waals surface area contributed by atoms with E-state index in [0.717, 1.165) is 0 Å². The second kappa shape index (κ2) is 11.2. The summed E-state index contributed by atoms with van der Waals surface area (Å²) in [6.07, 6.45) is -15.8. The van der Waals surface area contributed by atoms with E-state index < -0.39 is 91.1 Å². The Hall–Kier alpha value is -0.260. The summed E-state index contributed by atoms with van der Waals surface area (Å²) in [5.74, 6) is 0. The third kappa shape index (κ3) is 6.86. The van der Waals surface area contributed by atoms with Crippen molar-refractivity contribution < 1.29 is 59.5 Å². The van der Waals surface area contributed by atoms with Crippen molar-refractivity contribution in [2.45, 2.75) is 65.1 Å². The Labute approximate surface area is 190 Å². The standard InChI is InChI=1S/C15H24Cl3NO12/c16-15(17,18)3-28-14(27)19-6-8(23)11(5(2-21)29-12(6)26)31-13-10(25)9(24)7(22)4(1-20)30-13/h4-13,20-26H,1-3H2,(H,19,27)/t4-,5-,6-,7+,8-,9+,10-,11-,12+,13+/m1/s1. The third-order valence-electron chi connectivity index (χ3n) is 4.66. The third-order valence-corrected chi connectivity index (χ3v) is 4.99. The summed E-state index contributed by atoms with van der Waals surface area (Å²) < 4.78 is 18.5. The van der Waals surface area contributed by atoms with Crippen LogP contribution in [0.5, 0.6) is 0 Å². The van der Waals surface area contributed by atoms with Crippen LogP contribution in [0.1, 0.15) is 0 Å². The zero-order valence-corrected chi connectivity index (χ0v) is 18.0. The molecular formula is C15H24Cl3NO12. The van der Waals surface area contributed by atoms with E-state index in [-0.39, 0.29) is 0 Å². The quantitative estimate of drug-likeness (QED) is 0.163. The van der Waals surface area contributed by atoms with Crippen LogP contribution in [-0.4, -0.2) is 127 Å². The first-order valence-corrected chi connectivity index (χ1v) is 10.1. The number of hydrogen-bond donors (Lipinski definition) is 8. The highest BCUT2D eigenvalue weighted by Crippen LogP contribution is 2.29. The summed E-state index contributed by atoms with van der Waals surface area (Å²) in [7, 11) is 0. The minimum atomic E-state index is -1.91. The zero-order chi connectivity index (χ0) is 23.5. The van der Waals surface area contributed by atoms with Gasteiger partial charge >= 0.3 is 6.09 Å². The van der Waals surface area contributed by atoms with Crippen molar-refractivity contribution in [2.24, 2.45) is 0 Å². The molecule has 13 nitrogen and oxygen atoms in total. The molecule has 1 amide bonds. The molecule has 0 spiro atoms. The summed E-state index contributed by atoms with van der Waals surface area (Å²) in [5, 5.41) is 71.3. The van der Waals surface area contributed by atoms with E-state index in [2.05, 4.69) is 10.1 Å². The first-order chi connectivity index (χ1) is 14.4. The molecule has 16 heteroatoms. The van der Waals surface area contributed by atoms with Gasteiger partial charge in [-0.05, 0) is 0 Å². The predicted octanol–water partition coefficient (Wildman–Crippen LogP) is -3.29. The average molecular weight is 517 g/mol. The van der Waals surface area contributed by atoms with E-state index in [0.29, 0.717) is 0 Å². The number of aliphatic hydroxyl groups excluding tert-OH is 7. The van der Waals surface area contributed by atoms with Gasteiger partial charge in [0.15, 0.2) is 12.6 Å². The fourth-order valence-electron chi connectivity index (χ4n) is 3.07. The molecule has 2 aliphatic rings. The summed E-state index contributed by atoms with van der Waals surface area (Å²) in [6.45, 7) is -2.14. The molecule has 0 saturated carbocycles. The summed E-state index contributed by atoms with van der Waals surface area (Å²) in [5.41, 5.74) is 0. The molecule has 0 aromatic heterocycles. The molecule has 0 aromatic carbocycles. The SMILES string of the molecule is O=C(N[C@@H]1[C@@H](O)[C@H](O[C@@H]2O[C@H](CO)[C@H](O)[C@H](O)[C@H]2O)[C@@H](CO)O[C@@H]1O)OCC(Cl)(Cl)Cl. The van der Waals surface area contributed by atoms with Gasteiger partial charge in [-0.25, -0.2) is 4.79 Å². The fraction of sp³-hybridized carbons (Fsp3) is 0.933. The molecule has 2 rings (SSSR count). The number of alkyl halides is 3. The number of amides is 1. The normalized spacial score (nSPS) is 41.6. The van der Waals surface area contributed by atoms with E-state index in [4.69, 9.17) is 49.0 Å². The van der Waals surface area contributed by atoms with E-state index in [9.17, 15) is 40.5 Å². The van der Waals surface area contributed by atoms with Crippen LogP contribution in [0, 0.1) is 0 Å². The van der Waals surface area contributed by atoms with Crippen molar-refractivity contribution in [3.8, 4) is 0 Å². The Morgan fingerprint density at radius 3 is 2.06 bits per heavy atom. The smallest absolute Gasteiger partial charge is 0.407 e. The molecule has 10 atom stereocenters. The molecule has 0 aliphatic carbocycles. The predicted molar refractivity (Wildman–Crippen MR) is 101 cm³/mol. The topological polar surface area (TPSA) is 208 Å². The van der Waals surface area contributed by atoms with Crippen LogP contribution in [0.4, 0.5) is 4.79 Å². The Kier molecular flexibility index (Phi) is 9.79. The van der Waals surface area contributed by atoms with Crippen LogP contribution in [0.2, 0.25) is 0 Å². The van der Waals surface area contributed by atoms with Crippen molar-refractivity contribution >= 4 is 40.9 Å². The summed E-state index contributed by atoms with van der Waals surface area (Å²) in [6, 6.07) is -1.56. The number of halogens is 3. The van der Waals surface area contributed by atoms with Crippen LogP contribution in [0.25, 0.3) is 0 Å². The number of carbonyl (C=O) groups excluding carboxylic acids is 1. The maximum atomic E-state index is 11.9. The number of hydrogen-bond acceptors (Lipinski definition) is 12. The highest BCUT2D eigenvalue weighted by molar-refractivity contribution is 6.67. The second-order valence-corrected chi connectivity index (χ2v) is 9.41. The maximum absolute atomic E-state index is 11.9. The van der Waals surface area contributed by atoms with Crippen molar-refractivity contribution in [2.75, 3.05) is 19.8 Å². The van der Waals surface area contributed by atoms with Crippen LogP contribution in [0.3, 0.4) is 0 Å². The molecule has 2 aliphatic heterocycles. The minimum absolute atomic E-state index is 0.646. The zero-order valence-electron chi connectivity index (χ0n) is 15.7. The minimum Gasteiger partial charge on any atom is -0.445 e. The van der Waals surface area contributed by atoms with Crippen molar-refractivity contribution in [1.29, 1.82) is 0 Å². The number of alkyl carbamates (subject to hydrolysis) is 1. The summed E-state index contributed by atoms with van der Waals surface area (Å²) >= 11 is 16.4. The first kappa shape index (κ1) is 27.0. The molecule has 0 unspecified atom stereocenters. The van der Waals surface area contributed by atoms with E-state index in [1.807, 2.05) is 0 Å². The first-order valence-electron chi connectivity index (χ1n) is 8.98. The molecule has 31 heavy (non-hydrogen) atoms. The molecule has 0 bridgehead atoms. The van der Waals surface area contributed by atoms with Crippen LogP contribution < -0.4 is 5.32 Å². The van der Waals surface area contributed by atoms with Gasteiger partial charge in [0.1, 0.15) is 55.4 Å². The Bertz CT molecular complexity index is 596. The maximum Gasteiger partial charge on any atom is 0.407 e. The highest BCUT2D eigenvalue weighted by atomic mass is 35.6. The lowest BCUT2D eigenvalue weighted by molar-refractivity contribution is -0.345. The van der Waals surface area contributed by atoms with Crippen molar-refractivity contribution in [3.05, 3.63) is 0 Å². The Balaban J connectivity index is 2.11. The number of ether oxygens (including phenoxy) is 4. The molecule has 0 aromatic rings. The molecule has 2 fully saturated rings. The van der Waals surface area contributed by atoms with Gasteiger partial charge in [0, 0.05) is 0 Å². The van der Waals surface area contributed by atoms with Gasteiger partial charge in [0.25, 0.3) is 0 Å². The van der Waals surface area contributed by atoms with Crippen molar-refractivity contribution in [1.82, 2.24) is 5.32 Å². The van der Waals surface area contributed by atoms with Crippen molar-refractivity contribution in [3.63, 3.8) is 0 Å². The number of nitrogens with one attached hydrogen (secondary N) is 1. The lowest BCUT2D eigenvalue weighted by Crippen LogP contribution is -2.67. The number of rotatable bonds is 6. The Morgan fingerprint density at radius 1 is 0.903 bits per heavy atom. The van der Waals surface area contributed by atoms with E-state index in [1.54, 1.807) is 0 Å². The molecule has 8 N–H and O–H groups in total. The van der Waals surface area contributed by atoms with Gasteiger partial charge in [0.05, 0.1) is 13.2 Å². The molecule has 2 heterocycles. The van der Waals surface area contributed by atoms with E-state index >= 15 is 0 Å². The largest absolute Gasteiger partial charge is 0.445 e. The van der Waals surface area contributed by atoms with Crippen LogP contribution in [-0.2, 0) is 18.9 Å². The van der Waals surface area contributed by atoms with Gasteiger partial charge in [-0.15, -0.1) is 0 Å². The molecule has 0 radical (unpaired) electrons. The van der Waals surface area contributed by atoms with Gasteiger partial charge in [-0.3, -0.25) is 0 Å². The van der Waals surface area contributed by atoms with Gasteiger partial charge in [-0.2, -0.15) is 0 Å². The lowest BCUT2D eigenvalue weighted by atomic mass is 9.95. The lowest BCUT2D eigenvalue weighted by Gasteiger charge is -2.46. The fourth-order valence-corrected chi connectivity index (χ4v) is 3.23. The van der Waals surface area contributed by atoms with Crippen LogP contribution in [0.15, 0.2) is 0 Å². The highest BCUT2D eigenvalue weighted by Gasteiger charge is 2.51. The van der Waals surface area contributed by atoms with Gasteiger partial charge in [0.2, 0.25) is 3.79 Å².